The zero-order valence-electron chi connectivity index (χ0n) is 9.23. The van der Waals surface area contributed by atoms with Crippen LogP contribution in [-0.4, -0.2) is 58.9 Å². The van der Waals surface area contributed by atoms with Crippen molar-refractivity contribution in [1.82, 2.24) is 0 Å². The maximum absolute atomic E-state index is 11.0. The van der Waals surface area contributed by atoms with Crippen LogP contribution in [0, 0.1) is 0 Å². The number of hydrogen-bond acceptors (Lipinski definition) is 4. The molecule has 17 heavy (non-hydrogen) atoms. The van der Waals surface area contributed by atoms with Crippen molar-refractivity contribution in [3.63, 3.8) is 0 Å². The summed E-state index contributed by atoms with van der Waals surface area (Å²) in [5.74, 6) is 0. The molecule has 0 amide bonds. The van der Waals surface area contributed by atoms with E-state index < -0.39 is 14.2 Å². The summed E-state index contributed by atoms with van der Waals surface area (Å²) in [6.45, 7) is 0.621. The van der Waals surface area contributed by atoms with Gasteiger partial charge >= 0.3 is 102 Å². The minimum absolute atomic E-state index is 0.0137. The van der Waals surface area contributed by atoms with Crippen LogP contribution in [-0.2, 0) is 3.74 Å². The van der Waals surface area contributed by atoms with Gasteiger partial charge in [0, 0.05) is 0 Å². The monoisotopic (exact) mass is 305 g/mol. The predicted molar refractivity (Wildman–Crippen MR) is 63.3 cm³/mol. The summed E-state index contributed by atoms with van der Waals surface area (Å²) in [5, 5.41) is 17.7. The molecule has 4 N–H and O–H groups in total. The molecule has 0 unspecified atom stereocenters. The van der Waals surface area contributed by atoms with Gasteiger partial charge in [-0.2, -0.15) is 0 Å². The summed E-state index contributed by atoms with van der Waals surface area (Å²) in [7, 11) is 0. The zero-order valence-corrected chi connectivity index (χ0v) is 11.1. The third-order valence-corrected chi connectivity index (χ3v) is 4.33. The number of aliphatic hydroxyl groups is 2. The van der Waals surface area contributed by atoms with Gasteiger partial charge in [-0.15, -0.1) is 0 Å². The van der Waals surface area contributed by atoms with Crippen molar-refractivity contribution in [3.05, 3.63) is 24.3 Å². The third kappa shape index (κ3) is 4.18. The minimum atomic E-state index is -4.83. The molecule has 96 valence electrons. The molecule has 0 aliphatic heterocycles. The molecule has 0 aromatic heterocycles. The predicted octanol–water partition coefficient (Wildman–Crippen LogP) is -1.96. The van der Waals surface area contributed by atoms with E-state index in [4.69, 9.17) is 18.4 Å². The van der Waals surface area contributed by atoms with E-state index >= 15 is 0 Å². The van der Waals surface area contributed by atoms with E-state index in [9.17, 15) is 3.74 Å². The van der Waals surface area contributed by atoms with Gasteiger partial charge in [-0.05, 0) is 0 Å². The van der Waals surface area contributed by atoms with Gasteiger partial charge < -0.3 is 0 Å². The van der Waals surface area contributed by atoms with Gasteiger partial charge in [-0.1, -0.05) is 0 Å². The molecule has 0 radical (unpaired) electrons. The second-order valence-electron chi connectivity index (χ2n) is 3.49. The van der Waals surface area contributed by atoms with Crippen molar-refractivity contribution >= 4 is 24.2 Å². The molecular formula is C10H16AsNO5. The van der Waals surface area contributed by atoms with Crippen molar-refractivity contribution in [2.45, 2.75) is 0 Å². The average molecular weight is 305 g/mol. The van der Waals surface area contributed by atoms with Crippen molar-refractivity contribution in [2.24, 2.45) is 0 Å². The van der Waals surface area contributed by atoms with Gasteiger partial charge in [0.05, 0.1) is 0 Å². The molecule has 0 atom stereocenters. The van der Waals surface area contributed by atoms with E-state index in [1.807, 2.05) is 0 Å². The van der Waals surface area contributed by atoms with Crippen LogP contribution in [0.1, 0.15) is 0 Å². The molecule has 0 fully saturated rings. The fraction of sp³-hybridized carbons (Fsp3) is 0.400. The van der Waals surface area contributed by atoms with Crippen LogP contribution in [0.25, 0.3) is 0 Å². The normalized spacial score (nSPS) is 11.5. The molecule has 1 aromatic rings. The van der Waals surface area contributed by atoms with Crippen LogP contribution in [0.2, 0.25) is 0 Å². The Balaban J connectivity index is 2.88. The van der Waals surface area contributed by atoms with Crippen molar-refractivity contribution in [2.75, 3.05) is 31.2 Å². The molecule has 1 rings (SSSR count). The molecule has 7 heteroatoms. The van der Waals surface area contributed by atoms with Gasteiger partial charge in [0.15, 0.2) is 0 Å². The van der Waals surface area contributed by atoms with Crippen LogP contribution in [0.4, 0.5) is 5.69 Å². The van der Waals surface area contributed by atoms with Crippen molar-refractivity contribution < 1.29 is 22.1 Å². The summed E-state index contributed by atoms with van der Waals surface area (Å²) in [5.41, 5.74) is 0.709. The first-order valence-corrected chi connectivity index (χ1v) is 8.50. The Labute approximate surface area is 102 Å². The Morgan fingerprint density at radius 3 is 1.82 bits per heavy atom. The summed E-state index contributed by atoms with van der Waals surface area (Å²) in [6, 6.07) is 5.89. The van der Waals surface area contributed by atoms with E-state index in [-0.39, 0.29) is 17.6 Å². The number of anilines is 1. The molecule has 0 aliphatic rings. The summed E-state index contributed by atoms with van der Waals surface area (Å²) >= 11 is -4.83. The molecule has 0 spiro atoms. The summed E-state index contributed by atoms with van der Waals surface area (Å²) in [4.78, 5) is 1.73. The van der Waals surface area contributed by atoms with Gasteiger partial charge in [-0.25, -0.2) is 0 Å². The summed E-state index contributed by atoms with van der Waals surface area (Å²) in [6.07, 6.45) is 0. The van der Waals surface area contributed by atoms with Crippen LogP contribution in [0.5, 0.6) is 0 Å². The molecule has 1 aromatic carbocycles. The van der Waals surface area contributed by atoms with Crippen LogP contribution >= 0.6 is 0 Å². The molecule has 0 aliphatic carbocycles. The van der Waals surface area contributed by atoms with Gasteiger partial charge in [0.25, 0.3) is 0 Å². The average Bonchev–Trinajstić information content (AvgIpc) is 2.28. The second-order valence-corrected chi connectivity index (χ2v) is 6.86. The first-order chi connectivity index (χ1) is 7.99. The Bertz CT molecular complexity index is 382. The first kappa shape index (κ1) is 14.3. The molecular weight excluding hydrogens is 289 g/mol. The number of hydrogen-bond donors (Lipinski definition) is 4. The van der Waals surface area contributed by atoms with Crippen LogP contribution in [0.15, 0.2) is 24.3 Å². The summed E-state index contributed by atoms with van der Waals surface area (Å²) < 4.78 is 29.0. The Kier molecular flexibility index (Phi) is 5.24. The Morgan fingerprint density at radius 1 is 1.00 bits per heavy atom. The number of nitrogens with zero attached hydrogens (tertiary/aromatic N) is 1. The van der Waals surface area contributed by atoms with E-state index in [0.717, 1.165) is 0 Å². The van der Waals surface area contributed by atoms with Crippen LogP contribution in [0.3, 0.4) is 0 Å². The fourth-order valence-electron chi connectivity index (χ4n) is 1.47. The first-order valence-electron chi connectivity index (χ1n) is 5.12. The number of benzene rings is 1. The van der Waals surface area contributed by atoms with E-state index in [1.165, 1.54) is 12.1 Å². The van der Waals surface area contributed by atoms with E-state index in [1.54, 1.807) is 17.0 Å². The van der Waals surface area contributed by atoms with Gasteiger partial charge in [-0.3, -0.25) is 0 Å². The van der Waals surface area contributed by atoms with E-state index in [2.05, 4.69) is 0 Å². The number of aliphatic hydroxyl groups excluding tert-OH is 2. The SMILES string of the molecule is O=[As](O)(O)c1ccc(N(CCO)CCO)cc1. The fourth-order valence-corrected chi connectivity index (χ4v) is 2.60. The van der Waals surface area contributed by atoms with Crippen LogP contribution < -0.4 is 9.25 Å². The maximum atomic E-state index is 11.0. The molecule has 0 saturated carbocycles. The standard InChI is InChI=1S/C10H16AsNO5/c13-7-5-12(6-8-14)10-3-1-9(2-4-10)11(15,16)17/h1-4,13-14H,5-8H2,(H2,15,16,17). The van der Waals surface area contributed by atoms with Gasteiger partial charge in [0.2, 0.25) is 0 Å². The molecule has 0 heterocycles. The van der Waals surface area contributed by atoms with E-state index in [0.29, 0.717) is 18.8 Å². The molecule has 6 nitrogen and oxygen atoms in total. The molecule has 0 bridgehead atoms. The number of rotatable bonds is 6. The second kappa shape index (κ2) is 6.23. The topological polar surface area (TPSA) is 101 Å². The Morgan fingerprint density at radius 2 is 1.47 bits per heavy atom. The Hall–Kier alpha value is -0.782. The van der Waals surface area contributed by atoms with Crippen molar-refractivity contribution in [3.8, 4) is 0 Å². The quantitative estimate of drug-likeness (QED) is 0.455. The van der Waals surface area contributed by atoms with Gasteiger partial charge in [0.1, 0.15) is 0 Å². The molecule has 0 saturated heterocycles. The third-order valence-electron chi connectivity index (χ3n) is 2.29. The zero-order chi connectivity index (χ0) is 12.9. The van der Waals surface area contributed by atoms with Crippen molar-refractivity contribution in [1.29, 1.82) is 0 Å².